The van der Waals surface area contributed by atoms with Gasteiger partial charge in [-0.3, -0.25) is 4.98 Å². The van der Waals surface area contributed by atoms with Gasteiger partial charge in [0.2, 0.25) is 0 Å². The number of pyridine rings is 1. The van der Waals surface area contributed by atoms with Crippen LogP contribution in [0.4, 0.5) is 0 Å². The van der Waals surface area contributed by atoms with Gasteiger partial charge >= 0.3 is 5.97 Å². The fourth-order valence-electron chi connectivity index (χ4n) is 1.30. The molecule has 76 valence electrons. The van der Waals surface area contributed by atoms with Crippen LogP contribution in [0.2, 0.25) is 0 Å². The molecule has 0 N–H and O–H groups in total. The van der Waals surface area contributed by atoms with Crippen LogP contribution in [0.1, 0.15) is 35.7 Å². The summed E-state index contributed by atoms with van der Waals surface area (Å²) in [6.45, 7) is 2.12. The van der Waals surface area contributed by atoms with Gasteiger partial charge in [-0.1, -0.05) is 13.3 Å². The summed E-state index contributed by atoms with van der Waals surface area (Å²) in [5.74, 6) is -0.302. The highest BCUT2D eigenvalue weighted by Gasteiger charge is 2.10. The van der Waals surface area contributed by atoms with Crippen molar-refractivity contribution >= 4 is 5.97 Å². The number of hydrogen-bond acceptors (Lipinski definition) is 3. The second-order valence-electron chi connectivity index (χ2n) is 3.13. The number of ether oxygens (including phenoxy) is 1. The average Bonchev–Trinajstić information content (AvgIpc) is 2.25. The Morgan fingerprint density at radius 2 is 2.36 bits per heavy atom. The van der Waals surface area contributed by atoms with Gasteiger partial charge in [0, 0.05) is 12.4 Å². The predicted octanol–water partition coefficient (Wildman–Crippen LogP) is 2.21. The van der Waals surface area contributed by atoms with Crippen LogP contribution in [0.3, 0.4) is 0 Å². The molecule has 14 heavy (non-hydrogen) atoms. The Bertz CT molecular complexity index is 310. The van der Waals surface area contributed by atoms with Crippen molar-refractivity contribution in [2.45, 2.75) is 26.2 Å². The smallest absolute Gasteiger partial charge is 0.339 e. The molecule has 0 fully saturated rings. The molecule has 0 aliphatic heterocycles. The number of aromatic nitrogens is 1. The maximum atomic E-state index is 11.3. The number of nitrogens with zero attached hydrogens (tertiary/aromatic N) is 1. The largest absolute Gasteiger partial charge is 0.465 e. The molecule has 3 nitrogen and oxygen atoms in total. The highest BCUT2D eigenvalue weighted by atomic mass is 16.5. The quantitative estimate of drug-likeness (QED) is 0.688. The first-order valence-corrected chi connectivity index (χ1v) is 4.80. The van der Waals surface area contributed by atoms with Crippen LogP contribution >= 0.6 is 0 Å². The number of unbranched alkanes of at least 4 members (excludes halogenated alkanes) is 1. The van der Waals surface area contributed by atoms with Crippen molar-refractivity contribution < 1.29 is 9.53 Å². The summed E-state index contributed by atoms with van der Waals surface area (Å²) < 4.78 is 4.68. The number of rotatable bonds is 4. The average molecular weight is 193 g/mol. The third kappa shape index (κ3) is 2.55. The second kappa shape index (κ2) is 5.37. The van der Waals surface area contributed by atoms with E-state index >= 15 is 0 Å². The minimum atomic E-state index is -0.302. The molecule has 3 heteroatoms. The van der Waals surface area contributed by atoms with Crippen molar-refractivity contribution in [1.82, 2.24) is 4.98 Å². The molecule has 0 radical (unpaired) electrons. The van der Waals surface area contributed by atoms with Crippen LogP contribution in [-0.4, -0.2) is 18.1 Å². The SMILES string of the molecule is CCCCc1ccncc1C(=O)OC. The van der Waals surface area contributed by atoms with Crippen LogP contribution in [0.5, 0.6) is 0 Å². The van der Waals surface area contributed by atoms with Crippen LogP contribution < -0.4 is 0 Å². The van der Waals surface area contributed by atoms with Crippen molar-refractivity contribution in [2.24, 2.45) is 0 Å². The topological polar surface area (TPSA) is 39.2 Å². The van der Waals surface area contributed by atoms with Crippen molar-refractivity contribution in [3.8, 4) is 0 Å². The molecule has 0 saturated carbocycles. The lowest BCUT2D eigenvalue weighted by atomic mass is 10.0. The van der Waals surface area contributed by atoms with Gasteiger partial charge in [0.05, 0.1) is 12.7 Å². The van der Waals surface area contributed by atoms with Crippen molar-refractivity contribution in [3.63, 3.8) is 0 Å². The van der Waals surface area contributed by atoms with E-state index in [2.05, 4.69) is 16.6 Å². The van der Waals surface area contributed by atoms with E-state index in [9.17, 15) is 4.79 Å². The maximum Gasteiger partial charge on any atom is 0.339 e. The number of aryl methyl sites for hydroxylation is 1. The summed E-state index contributed by atoms with van der Waals surface area (Å²) in [4.78, 5) is 15.3. The molecule has 1 heterocycles. The van der Waals surface area contributed by atoms with Gasteiger partial charge in [0.1, 0.15) is 0 Å². The minimum absolute atomic E-state index is 0.302. The lowest BCUT2D eigenvalue weighted by Gasteiger charge is -2.05. The van der Waals surface area contributed by atoms with Gasteiger partial charge in [-0.05, 0) is 24.5 Å². The van der Waals surface area contributed by atoms with Gasteiger partial charge < -0.3 is 4.74 Å². The van der Waals surface area contributed by atoms with Gasteiger partial charge in [0.15, 0.2) is 0 Å². The Morgan fingerprint density at radius 3 is 3.00 bits per heavy atom. The van der Waals surface area contributed by atoms with Crippen molar-refractivity contribution in [2.75, 3.05) is 7.11 Å². The maximum absolute atomic E-state index is 11.3. The fourth-order valence-corrected chi connectivity index (χ4v) is 1.30. The van der Waals surface area contributed by atoms with Gasteiger partial charge in [-0.2, -0.15) is 0 Å². The first-order chi connectivity index (χ1) is 6.79. The first kappa shape index (κ1) is 10.7. The zero-order valence-electron chi connectivity index (χ0n) is 8.62. The summed E-state index contributed by atoms with van der Waals surface area (Å²) >= 11 is 0. The predicted molar refractivity (Wildman–Crippen MR) is 54.2 cm³/mol. The number of methoxy groups -OCH3 is 1. The van der Waals surface area contributed by atoms with Gasteiger partial charge in [-0.15, -0.1) is 0 Å². The molecule has 1 aromatic rings. The zero-order valence-corrected chi connectivity index (χ0v) is 8.62. The van der Waals surface area contributed by atoms with E-state index in [1.807, 2.05) is 6.07 Å². The van der Waals surface area contributed by atoms with E-state index in [0.29, 0.717) is 5.56 Å². The van der Waals surface area contributed by atoms with E-state index in [1.54, 1.807) is 12.4 Å². The van der Waals surface area contributed by atoms with E-state index in [0.717, 1.165) is 24.8 Å². The number of carbonyl (C=O) groups is 1. The molecule has 1 rings (SSSR count). The third-order valence-corrected chi connectivity index (χ3v) is 2.12. The van der Waals surface area contributed by atoms with Crippen LogP contribution in [0.15, 0.2) is 18.5 Å². The Hall–Kier alpha value is -1.38. The Balaban J connectivity index is 2.85. The fraction of sp³-hybridized carbons (Fsp3) is 0.455. The standard InChI is InChI=1S/C11H15NO2/c1-3-4-5-9-6-7-12-8-10(9)11(13)14-2/h6-8H,3-5H2,1-2H3. The van der Waals surface area contributed by atoms with E-state index in [4.69, 9.17) is 0 Å². The van der Waals surface area contributed by atoms with Gasteiger partial charge in [0.25, 0.3) is 0 Å². The van der Waals surface area contributed by atoms with Gasteiger partial charge in [-0.25, -0.2) is 4.79 Å². The van der Waals surface area contributed by atoms with Crippen LogP contribution in [0.25, 0.3) is 0 Å². The molecule has 0 aromatic carbocycles. The molecular weight excluding hydrogens is 178 g/mol. The number of carbonyl (C=O) groups excluding carboxylic acids is 1. The lowest BCUT2D eigenvalue weighted by molar-refractivity contribution is 0.0599. The third-order valence-electron chi connectivity index (χ3n) is 2.12. The normalized spacial score (nSPS) is 9.86. The number of esters is 1. The molecule has 0 atom stereocenters. The molecule has 0 saturated heterocycles. The molecule has 1 aromatic heterocycles. The first-order valence-electron chi connectivity index (χ1n) is 4.80. The highest BCUT2D eigenvalue weighted by molar-refractivity contribution is 5.90. The molecule has 0 aliphatic rings. The summed E-state index contributed by atoms with van der Waals surface area (Å²) in [6, 6.07) is 1.88. The summed E-state index contributed by atoms with van der Waals surface area (Å²) in [5.41, 5.74) is 1.61. The minimum Gasteiger partial charge on any atom is -0.465 e. The monoisotopic (exact) mass is 193 g/mol. The van der Waals surface area contributed by atoms with E-state index in [1.165, 1.54) is 7.11 Å². The molecule has 0 amide bonds. The molecule has 0 aliphatic carbocycles. The van der Waals surface area contributed by atoms with E-state index in [-0.39, 0.29) is 5.97 Å². The Morgan fingerprint density at radius 1 is 1.57 bits per heavy atom. The van der Waals surface area contributed by atoms with Crippen molar-refractivity contribution in [1.29, 1.82) is 0 Å². The highest BCUT2D eigenvalue weighted by Crippen LogP contribution is 2.11. The molecule has 0 bridgehead atoms. The summed E-state index contributed by atoms with van der Waals surface area (Å²) in [7, 11) is 1.39. The second-order valence-corrected chi connectivity index (χ2v) is 3.13. The van der Waals surface area contributed by atoms with E-state index < -0.39 is 0 Å². The summed E-state index contributed by atoms with van der Waals surface area (Å²) in [6.07, 6.45) is 6.37. The van der Waals surface area contributed by atoms with Crippen molar-refractivity contribution in [3.05, 3.63) is 29.6 Å². The van der Waals surface area contributed by atoms with Crippen LogP contribution in [-0.2, 0) is 11.2 Å². The molecule has 0 unspecified atom stereocenters. The summed E-state index contributed by atoms with van der Waals surface area (Å²) in [5, 5.41) is 0. The molecule has 0 spiro atoms. The Labute approximate surface area is 84.1 Å². The Kier molecular flexibility index (Phi) is 4.11. The zero-order chi connectivity index (χ0) is 10.4. The number of hydrogen-bond donors (Lipinski definition) is 0. The molecular formula is C11H15NO2. The lowest BCUT2D eigenvalue weighted by Crippen LogP contribution is -2.06. The van der Waals surface area contributed by atoms with Crippen LogP contribution in [0, 0.1) is 0 Å².